The number of alkyl halides is 1. The third-order valence-electron chi connectivity index (χ3n) is 2.58. The molecular formula is C11H12BrClN2OS. The minimum Gasteiger partial charge on any atom is -0.472 e. The fraction of sp³-hybridized carbons (Fsp3) is 0.455. The first-order chi connectivity index (χ1) is 8.11. The second-order valence-electron chi connectivity index (χ2n) is 3.91. The van der Waals surface area contributed by atoms with Crippen LogP contribution >= 0.6 is 39.7 Å². The second kappa shape index (κ2) is 5.50. The summed E-state index contributed by atoms with van der Waals surface area (Å²) in [5.41, 5.74) is 0.856. The van der Waals surface area contributed by atoms with Crippen molar-refractivity contribution in [3.63, 3.8) is 0 Å². The summed E-state index contributed by atoms with van der Waals surface area (Å²) in [7, 11) is 1.96. The smallest absolute Gasteiger partial charge is 0.224 e. The molecule has 0 saturated heterocycles. The second-order valence-corrected chi connectivity index (χ2v) is 5.59. The average Bonchev–Trinajstić information content (AvgIpc) is 2.40. The fourth-order valence-corrected chi connectivity index (χ4v) is 2.53. The van der Waals surface area contributed by atoms with Crippen molar-refractivity contribution in [2.45, 2.75) is 12.5 Å². The van der Waals surface area contributed by atoms with Crippen LogP contribution in [0.1, 0.15) is 12.0 Å². The first kappa shape index (κ1) is 13.1. The minimum atomic E-state index is 0.0328. The van der Waals surface area contributed by atoms with Gasteiger partial charge in [-0.15, -0.1) is 11.6 Å². The molecule has 0 aromatic carbocycles. The third kappa shape index (κ3) is 2.89. The molecule has 1 atom stereocenters. The summed E-state index contributed by atoms with van der Waals surface area (Å²) in [6.45, 7) is 0.736. The Kier molecular flexibility index (Phi) is 4.22. The summed E-state index contributed by atoms with van der Waals surface area (Å²) >= 11 is 14.6. The highest BCUT2D eigenvalue weighted by Gasteiger charge is 2.25. The lowest BCUT2D eigenvalue weighted by atomic mass is 10.2. The number of hydrogen-bond acceptors (Lipinski definition) is 3. The predicted molar refractivity (Wildman–Crippen MR) is 76.0 cm³/mol. The number of halogens is 2. The highest BCUT2D eigenvalue weighted by molar-refractivity contribution is 9.10. The Morgan fingerprint density at radius 3 is 3.18 bits per heavy atom. The van der Waals surface area contributed by atoms with Crippen molar-refractivity contribution < 1.29 is 4.74 Å². The van der Waals surface area contributed by atoms with Crippen LogP contribution in [0.15, 0.2) is 16.7 Å². The number of fused-ring (bicyclic) bond motifs is 1. The van der Waals surface area contributed by atoms with Crippen molar-refractivity contribution in [3.05, 3.63) is 22.3 Å². The minimum absolute atomic E-state index is 0.0328. The van der Waals surface area contributed by atoms with Crippen LogP contribution in [0.3, 0.4) is 0 Å². The van der Waals surface area contributed by atoms with Crippen LogP contribution in [0, 0.1) is 0 Å². The normalized spacial score (nSPS) is 19.6. The van der Waals surface area contributed by atoms with Gasteiger partial charge in [0.05, 0.1) is 12.1 Å². The molecule has 0 fully saturated rings. The molecule has 0 aliphatic carbocycles. The molecule has 1 aliphatic rings. The SMILES string of the molecule is CN1CC(CCCl)Oc2ncc(Br)cc2C1=S. The van der Waals surface area contributed by atoms with E-state index in [9.17, 15) is 0 Å². The summed E-state index contributed by atoms with van der Waals surface area (Å²) in [5, 5.41) is 0. The molecule has 2 rings (SSSR count). The molecule has 6 heteroatoms. The standard InChI is InChI=1S/C11H12BrClN2OS/c1-15-6-8(2-3-13)16-10-9(11(15)17)4-7(12)5-14-10/h4-5,8H,2-3,6H2,1H3. The number of rotatable bonds is 2. The number of likely N-dealkylation sites (N-methyl/N-ethyl adjacent to an activating group) is 1. The highest BCUT2D eigenvalue weighted by atomic mass is 79.9. The molecule has 1 aromatic rings. The molecule has 0 spiro atoms. The maximum atomic E-state index is 5.85. The Morgan fingerprint density at radius 2 is 2.47 bits per heavy atom. The summed E-state index contributed by atoms with van der Waals surface area (Å²) in [5.74, 6) is 1.16. The zero-order chi connectivity index (χ0) is 12.4. The van der Waals surface area contributed by atoms with Gasteiger partial charge in [-0.05, 0) is 28.4 Å². The van der Waals surface area contributed by atoms with E-state index in [1.807, 2.05) is 18.0 Å². The first-order valence-electron chi connectivity index (χ1n) is 5.25. The molecule has 92 valence electrons. The molecule has 2 heterocycles. The van der Waals surface area contributed by atoms with Gasteiger partial charge >= 0.3 is 0 Å². The van der Waals surface area contributed by atoms with Gasteiger partial charge in [0.2, 0.25) is 5.88 Å². The Labute approximate surface area is 119 Å². The quantitative estimate of drug-likeness (QED) is 0.613. The molecule has 0 saturated carbocycles. The van der Waals surface area contributed by atoms with Crippen LogP contribution in [0.25, 0.3) is 0 Å². The number of ether oxygens (including phenoxy) is 1. The van der Waals surface area contributed by atoms with Crippen molar-refractivity contribution in [1.29, 1.82) is 0 Å². The fourth-order valence-electron chi connectivity index (χ4n) is 1.73. The van der Waals surface area contributed by atoms with E-state index in [4.69, 9.17) is 28.6 Å². The van der Waals surface area contributed by atoms with Gasteiger partial charge in [0.15, 0.2) is 0 Å². The summed E-state index contributed by atoms with van der Waals surface area (Å²) in [6, 6.07) is 1.93. The van der Waals surface area contributed by atoms with E-state index in [1.165, 1.54) is 0 Å². The van der Waals surface area contributed by atoms with Crippen LogP contribution in [-0.4, -0.2) is 40.4 Å². The van der Waals surface area contributed by atoms with Crippen LogP contribution in [0.5, 0.6) is 5.88 Å². The number of nitrogens with zero attached hydrogens (tertiary/aromatic N) is 2. The van der Waals surface area contributed by atoms with Gasteiger partial charge in [0, 0.05) is 23.6 Å². The molecule has 3 nitrogen and oxygen atoms in total. The monoisotopic (exact) mass is 334 g/mol. The number of thiocarbonyl (C=S) groups is 1. The number of hydrogen-bond donors (Lipinski definition) is 0. The van der Waals surface area contributed by atoms with E-state index in [0.29, 0.717) is 11.8 Å². The third-order valence-corrected chi connectivity index (χ3v) is 3.77. The van der Waals surface area contributed by atoms with Crippen LogP contribution < -0.4 is 4.74 Å². The highest BCUT2D eigenvalue weighted by Crippen LogP contribution is 2.26. The Hall–Kier alpha value is -0.390. The van der Waals surface area contributed by atoms with E-state index < -0.39 is 0 Å². The van der Waals surface area contributed by atoms with E-state index in [2.05, 4.69) is 20.9 Å². The lowest BCUT2D eigenvalue weighted by Crippen LogP contribution is -2.33. The van der Waals surface area contributed by atoms with Crippen molar-refractivity contribution >= 4 is 44.7 Å². The lowest BCUT2D eigenvalue weighted by molar-refractivity contribution is 0.172. The van der Waals surface area contributed by atoms with Crippen molar-refractivity contribution in [1.82, 2.24) is 9.88 Å². The van der Waals surface area contributed by atoms with Crippen molar-refractivity contribution in [2.24, 2.45) is 0 Å². The van der Waals surface area contributed by atoms with Gasteiger partial charge in [-0.3, -0.25) is 0 Å². The van der Waals surface area contributed by atoms with Crippen LogP contribution in [0.4, 0.5) is 0 Å². The van der Waals surface area contributed by atoms with E-state index in [0.717, 1.165) is 28.0 Å². The number of aromatic nitrogens is 1. The molecule has 0 bridgehead atoms. The first-order valence-corrected chi connectivity index (χ1v) is 6.99. The van der Waals surface area contributed by atoms with E-state index in [1.54, 1.807) is 6.20 Å². The van der Waals surface area contributed by atoms with Gasteiger partial charge in [0.25, 0.3) is 0 Å². The Morgan fingerprint density at radius 1 is 1.71 bits per heavy atom. The van der Waals surface area contributed by atoms with E-state index in [-0.39, 0.29) is 6.10 Å². The van der Waals surface area contributed by atoms with Crippen LogP contribution in [0.2, 0.25) is 0 Å². The van der Waals surface area contributed by atoms with E-state index >= 15 is 0 Å². The molecule has 0 N–H and O–H groups in total. The molecule has 1 aromatic heterocycles. The van der Waals surface area contributed by atoms with Gasteiger partial charge in [-0.2, -0.15) is 0 Å². The summed E-state index contributed by atoms with van der Waals surface area (Å²) in [6.07, 6.45) is 2.53. The van der Waals surface area contributed by atoms with Gasteiger partial charge in [-0.25, -0.2) is 4.98 Å². The molecule has 0 radical (unpaired) electrons. The van der Waals surface area contributed by atoms with Crippen LogP contribution in [-0.2, 0) is 0 Å². The largest absolute Gasteiger partial charge is 0.472 e. The van der Waals surface area contributed by atoms with Crippen molar-refractivity contribution in [3.8, 4) is 5.88 Å². The molecular weight excluding hydrogens is 324 g/mol. The van der Waals surface area contributed by atoms with Gasteiger partial charge in [0.1, 0.15) is 11.1 Å². The topological polar surface area (TPSA) is 25.4 Å². The molecule has 1 aliphatic heterocycles. The predicted octanol–water partition coefficient (Wildman–Crippen LogP) is 2.84. The van der Waals surface area contributed by atoms with Gasteiger partial charge in [-0.1, -0.05) is 12.2 Å². The Balaban J connectivity index is 2.37. The number of pyridine rings is 1. The zero-order valence-corrected chi connectivity index (χ0v) is 12.5. The summed E-state index contributed by atoms with van der Waals surface area (Å²) < 4.78 is 6.74. The zero-order valence-electron chi connectivity index (χ0n) is 9.32. The maximum absolute atomic E-state index is 5.85. The summed E-state index contributed by atoms with van der Waals surface area (Å²) in [4.78, 5) is 7.03. The average molecular weight is 336 g/mol. The lowest BCUT2D eigenvalue weighted by Gasteiger charge is -2.20. The molecule has 1 unspecified atom stereocenters. The Bertz CT molecular complexity index is 443. The van der Waals surface area contributed by atoms with Crippen molar-refractivity contribution in [2.75, 3.05) is 19.5 Å². The molecule has 17 heavy (non-hydrogen) atoms. The molecule has 0 amide bonds. The maximum Gasteiger partial charge on any atom is 0.224 e. The van der Waals surface area contributed by atoms with Gasteiger partial charge < -0.3 is 9.64 Å².